The summed E-state index contributed by atoms with van der Waals surface area (Å²) in [6.07, 6.45) is 6.64. The number of anilines is 1. The van der Waals surface area contributed by atoms with Crippen LogP contribution in [0.15, 0.2) is 51.8 Å². The van der Waals surface area contributed by atoms with Crippen LogP contribution in [0, 0.1) is 5.82 Å². The second-order valence-corrected chi connectivity index (χ2v) is 7.60. The number of hydrogen-bond acceptors (Lipinski definition) is 4. The molecule has 1 N–H and O–H groups in total. The quantitative estimate of drug-likeness (QED) is 0.527. The van der Waals surface area contributed by atoms with E-state index in [-0.39, 0.29) is 18.3 Å². The summed E-state index contributed by atoms with van der Waals surface area (Å²) in [5.41, 5.74) is 0.528. The van der Waals surface area contributed by atoms with E-state index < -0.39 is 0 Å². The van der Waals surface area contributed by atoms with Crippen LogP contribution in [0.2, 0.25) is 0 Å². The molecular formula is C18H16Br2FN5O. The van der Waals surface area contributed by atoms with Crippen LogP contribution in [0.3, 0.4) is 0 Å². The van der Waals surface area contributed by atoms with Crippen molar-refractivity contribution < 1.29 is 9.18 Å². The van der Waals surface area contributed by atoms with E-state index in [0.717, 1.165) is 4.47 Å². The summed E-state index contributed by atoms with van der Waals surface area (Å²) in [6, 6.07) is 6.52. The average molecular weight is 497 g/mol. The maximum absolute atomic E-state index is 13.8. The van der Waals surface area contributed by atoms with Crippen molar-refractivity contribution in [2.75, 3.05) is 5.32 Å². The fourth-order valence-electron chi connectivity index (χ4n) is 2.43. The Morgan fingerprint density at radius 2 is 1.93 bits per heavy atom. The first-order valence-corrected chi connectivity index (χ1v) is 9.82. The van der Waals surface area contributed by atoms with E-state index in [9.17, 15) is 9.18 Å². The van der Waals surface area contributed by atoms with Gasteiger partial charge in [-0.3, -0.25) is 9.48 Å². The smallest absolute Gasteiger partial charge is 0.225 e. The molecule has 2 aromatic heterocycles. The zero-order valence-corrected chi connectivity index (χ0v) is 17.4. The summed E-state index contributed by atoms with van der Waals surface area (Å²) in [5, 5.41) is 7.07. The molecule has 0 atom stereocenters. The molecule has 0 saturated carbocycles. The fourth-order valence-corrected chi connectivity index (χ4v) is 3.05. The van der Waals surface area contributed by atoms with E-state index in [4.69, 9.17) is 0 Å². The standard InChI is InChI=1S/C18H16Br2FN5O/c19-13-8-22-16(23-9-13)6-3-7-17(27)24-18-14(20)11-26(25-18)10-12-4-1-2-5-15(12)21/h1-2,4-5,8-9,11H,3,6-7,10H2,(H,24,25,27). The van der Waals surface area contributed by atoms with E-state index in [2.05, 4.69) is 52.2 Å². The van der Waals surface area contributed by atoms with Crippen LogP contribution in [0.5, 0.6) is 0 Å². The van der Waals surface area contributed by atoms with Crippen molar-refractivity contribution in [1.29, 1.82) is 0 Å². The van der Waals surface area contributed by atoms with Gasteiger partial charge in [-0.1, -0.05) is 18.2 Å². The largest absolute Gasteiger partial charge is 0.308 e. The van der Waals surface area contributed by atoms with E-state index in [1.54, 1.807) is 41.5 Å². The predicted molar refractivity (Wildman–Crippen MR) is 107 cm³/mol. The lowest BCUT2D eigenvalue weighted by molar-refractivity contribution is -0.116. The summed E-state index contributed by atoms with van der Waals surface area (Å²) in [7, 11) is 0. The molecule has 9 heteroatoms. The van der Waals surface area contributed by atoms with Gasteiger partial charge in [0.15, 0.2) is 5.82 Å². The Morgan fingerprint density at radius 1 is 1.19 bits per heavy atom. The van der Waals surface area contributed by atoms with Crippen molar-refractivity contribution >= 4 is 43.6 Å². The van der Waals surface area contributed by atoms with Crippen molar-refractivity contribution in [2.45, 2.75) is 25.8 Å². The average Bonchev–Trinajstić information content (AvgIpc) is 2.98. The number of hydrogen-bond donors (Lipinski definition) is 1. The number of amides is 1. The van der Waals surface area contributed by atoms with Gasteiger partial charge in [0.1, 0.15) is 11.6 Å². The van der Waals surface area contributed by atoms with Crippen LogP contribution >= 0.6 is 31.9 Å². The molecule has 6 nitrogen and oxygen atoms in total. The second kappa shape index (κ2) is 9.18. The highest BCUT2D eigenvalue weighted by molar-refractivity contribution is 9.10. The number of aryl methyl sites for hydroxylation is 1. The van der Waals surface area contributed by atoms with Gasteiger partial charge in [0.05, 0.1) is 15.5 Å². The van der Waals surface area contributed by atoms with E-state index >= 15 is 0 Å². The topological polar surface area (TPSA) is 72.7 Å². The lowest BCUT2D eigenvalue weighted by Gasteiger charge is -2.04. The third kappa shape index (κ3) is 5.67. The van der Waals surface area contributed by atoms with Crippen molar-refractivity contribution in [3.05, 3.63) is 69.0 Å². The Labute approximate surface area is 172 Å². The molecule has 0 spiro atoms. The minimum Gasteiger partial charge on any atom is -0.308 e. The molecule has 0 aliphatic carbocycles. The first kappa shape index (κ1) is 19.6. The summed E-state index contributed by atoms with van der Waals surface area (Å²) >= 11 is 6.66. The monoisotopic (exact) mass is 495 g/mol. The molecule has 27 heavy (non-hydrogen) atoms. The summed E-state index contributed by atoms with van der Waals surface area (Å²) in [4.78, 5) is 20.5. The molecular weight excluding hydrogens is 481 g/mol. The van der Waals surface area contributed by atoms with E-state index in [1.807, 2.05) is 0 Å². The maximum atomic E-state index is 13.8. The Kier molecular flexibility index (Phi) is 6.68. The Balaban J connectivity index is 1.52. The minimum atomic E-state index is -0.287. The Bertz CT molecular complexity index is 930. The number of aromatic nitrogens is 4. The van der Waals surface area contributed by atoms with E-state index in [1.165, 1.54) is 6.07 Å². The zero-order chi connectivity index (χ0) is 19.2. The molecule has 0 fully saturated rings. The van der Waals surface area contributed by atoms with Crippen LogP contribution in [-0.2, 0) is 17.8 Å². The molecule has 2 heterocycles. The molecule has 0 radical (unpaired) electrons. The highest BCUT2D eigenvalue weighted by Crippen LogP contribution is 2.21. The van der Waals surface area contributed by atoms with Gasteiger partial charge in [-0.05, 0) is 44.3 Å². The summed E-state index contributed by atoms with van der Waals surface area (Å²) < 4.78 is 16.8. The summed E-state index contributed by atoms with van der Waals surface area (Å²) in [5.74, 6) is 0.673. The first-order valence-electron chi connectivity index (χ1n) is 8.24. The molecule has 3 aromatic rings. The number of nitrogens with one attached hydrogen (secondary N) is 1. The van der Waals surface area contributed by atoms with Gasteiger partial charge in [0.25, 0.3) is 0 Å². The second-order valence-electron chi connectivity index (χ2n) is 5.83. The van der Waals surface area contributed by atoms with Crippen LogP contribution < -0.4 is 5.32 Å². The molecule has 140 valence electrons. The number of carbonyl (C=O) groups is 1. The van der Waals surface area contributed by atoms with Gasteiger partial charge in [-0.2, -0.15) is 5.10 Å². The van der Waals surface area contributed by atoms with Crippen molar-refractivity contribution in [2.24, 2.45) is 0 Å². The third-order valence-corrected chi connectivity index (χ3v) is 4.73. The molecule has 0 unspecified atom stereocenters. The van der Waals surface area contributed by atoms with Gasteiger partial charge in [-0.15, -0.1) is 0 Å². The van der Waals surface area contributed by atoms with Crippen molar-refractivity contribution in [3.63, 3.8) is 0 Å². The number of benzene rings is 1. The number of rotatable bonds is 7. The van der Waals surface area contributed by atoms with Gasteiger partial charge in [0.2, 0.25) is 5.91 Å². The number of nitrogens with zero attached hydrogens (tertiary/aromatic N) is 4. The fraction of sp³-hybridized carbons (Fsp3) is 0.222. The zero-order valence-electron chi connectivity index (χ0n) is 14.2. The van der Waals surface area contributed by atoms with Crippen LogP contribution in [-0.4, -0.2) is 25.7 Å². The molecule has 3 rings (SSSR count). The van der Waals surface area contributed by atoms with Crippen LogP contribution in [0.1, 0.15) is 24.2 Å². The highest BCUT2D eigenvalue weighted by atomic mass is 79.9. The maximum Gasteiger partial charge on any atom is 0.225 e. The van der Waals surface area contributed by atoms with Crippen LogP contribution in [0.25, 0.3) is 0 Å². The van der Waals surface area contributed by atoms with E-state index in [0.29, 0.717) is 40.9 Å². The molecule has 1 aromatic carbocycles. The lowest BCUT2D eigenvalue weighted by Crippen LogP contribution is -2.13. The normalized spacial score (nSPS) is 10.8. The highest BCUT2D eigenvalue weighted by Gasteiger charge is 2.12. The summed E-state index contributed by atoms with van der Waals surface area (Å²) in [6.45, 7) is 0.280. The Hall–Kier alpha value is -2.13. The molecule has 0 bridgehead atoms. The first-order chi connectivity index (χ1) is 13.0. The van der Waals surface area contributed by atoms with Gasteiger partial charge in [-0.25, -0.2) is 14.4 Å². The molecule has 0 aliphatic heterocycles. The minimum absolute atomic E-state index is 0.149. The molecule has 0 aliphatic rings. The van der Waals surface area contributed by atoms with Crippen molar-refractivity contribution in [3.8, 4) is 0 Å². The number of carbonyl (C=O) groups excluding carboxylic acids is 1. The Morgan fingerprint density at radius 3 is 2.67 bits per heavy atom. The van der Waals surface area contributed by atoms with Crippen molar-refractivity contribution in [1.82, 2.24) is 19.7 Å². The third-order valence-electron chi connectivity index (χ3n) is 3.74. The SMILES string of the molecule is O=C(CCCc1ncc(Br)cn1)Nc1nn(Cc2ccccc2F)cc1Br. The molecule has 1 amide bonds. The molecule has 0 saturated heterocycles. The number of halogens is 3. The predicted octanol–water partition coefficient (Wildman–Crippen LogP) is 4.35. The van der Waals surface area contributed by atoms with Gasteiger partial charge in [0, 0.05) is 37.0 Å². The lowest BCUT2D eigenvalue weighted by atomic mass is 10.2. The van der Waals surface area contributed by atoms with Crippen LogP contribution in [0.4, 0.5) is 10.2 Å². The van der Waals surface area contributed by atoms with Gasteiger partial charge < -0.3 is 5.32 Å². The van der Waals surface area contributed by atoms with Gasteiger partial charge >= 0.3 is 0 Å².